The molecule has 0 radical (unpaired) electrons. The molecule has 1 saturated carbocycles. The first-order valence-corrected chi connectivity index (χ1v) is 13.1. The zero-order chi connectivity index (χ0) is 21.8. The SMILES string of the molecule is CCCS(=O)(=O)N1CCN(C2(C(Cl)(Cl)NC(=O)c3ccccc3)CCCCC2)CC1.Cl. The van der Waals surface area contributed by atoms with Gasteiger partial charge in [0.15, 0.2) is 0 Å². The molecule has 3 rings (SSSR count). The molecule has 0 spiro atoms. The Kier molecular flexibility index (Phi) is 9.50. The molecule has 1 saturated heterocycles. The molecule has 1 amide bonds. The zero-order valence-electron chi connectivity index (χ0n) is 17.9. The average Bonchev–Trinajstić information content (AvgIpc) is 2.74. The van der Waals surface area contributed by atoms with Crippen molar-refractivity contribution < 1.29 is 13.2 Å². The maximum absolute atomic E-state index is 12.8. The van der Waals surface area contributed by atoms with Crippen LogP contribution in [0.25, 0.3) is 0 Å². The van der Waals surface area contributed by atoms with E-state index in [9.17, 15) is 13.2 Å². The van der Waals surface area contributed by atoms with Gasteiger partial charge >= 0.3 is 0 Å². The third-order valence-corrected chi connectivity index (χ3v) is 9.24. The van der Waals surface area contributed by atoms with Gasteiger partial charge in [0.2, 0.25) is 14.5 Å². The number of hydrogen-bond donors (Lipinski definition) is 1. The predicted molar refractivity (Wildman–Crippen MR) is 129 cm³/mol. The molecule has 1 aliphatic heterocycles. The van der Waals surface area contributed by atoms with Crippen LogP contribution >= 0.6 is 35.6 Å². The Bertz CT molecular complexity index is 823. The van der Waals surface area contributed by atoms with Crippen LogP contribution in [0.5, 0.6) is 0 Å². The number of rotatable bonds is 7. The first kappa shape index (κ1) is 26.7. The molecule has 10 heteroatoms. The van der Waals surface area contributed by atoms with Crippen molar-refractivity contribution in [1.82, 2.24) is 14.5 Å². The summed E-state index contributed by atoms with van der Waals surface area (Å²) in [6.45, 7) is 3.80. The molecule has 0 unspecified atom stereocenters. The number of carbonyl (C=O) groups is 1. The van der Waals surface area contributed by atoms with Crippen molar-refractivity contribution in [1.29, 1.82) is 0 Å². The van der Waals surface area contributed by atoms with E-state index in [1.54, 1.807) is 28.6 Å². The lowest BCUT2D eigenvalue weighted by Gasteiger charge is -2.54. The fourth-order valence-corrected chi connectivity index (χ4v) is 6.95. The summed E-state index contributed by atoms with van der Waals surface area (Å²) >= 11 is 13.8. The lowest BCUT2D eigenvalue weighted by Crippen LogP contribution is -2.69. The van der Waals surface area contributed by atoms with Gasteiger partial charge in [-0.25, -0.2) is 8.42 Å². The quantitative estimate of drug-likeness (QED) is 0.442. The van der Waals surface area contributed by atoms with Crippen LogP contribution in [0, 0.1) is 0 Å². The van der Waals surface area contributed by atoms with E-state index in [2.05, 4.69) is 10.2 Å². The van der Waals surface area contributed by atoms with Crippen molar-refractivity contribution in [3.05, 3.63) is 35.9 Å². The minimum atomic E-state index is -3.23. The largest absolute Gasteiger partial charge is 0.319 e. The number of nitrogens with one attached hydrogen (secondary N) is 1. The van der Waals surface area contributed by atoms with E-state index in [-0.39, 0.29) is 24.1 Å². The van der Waals surface area contributed by atoms with Crippen molar-refractivity contribution >= 4 is 51.5 Å². The first-order valence-electron chi connectivity index (χ1n) is 10.7. The van der Waals surface area contributed by atoms with Crippen LogP contribution in [0.2, 0.25) is 0 Å². The first-order chi connectivity index (χ1) is 14.2. The van der Waals surface area contributed by atoms with E-state index >= 15 is 0 Å². The van der Waals surface area contributed by atoms with Crippen molar-refractivity contribution in [2.24, 2.45) is 0 Å². The Morgan fingerprint density at radius 3 is 2.19 bits per heavy atom. The summed E-state index contributed by atoms with van der Waals surface area (Å²) in [5.74, 6) is -0.144. The minimum Gasteiger partial charge on any atom is -0.319 e. The molecule has 6 nitrogen and oxygen atoms in total. The maximum atomic E-state index is 12.8. The molecule has 1 aliphatic carbocycles. The molecule has 0 atom stereocenters. The molecule has 0 bridgehead atoms. The number of hydrogen-bond acceptors (Lipinski definition) is 4. The number of sulfonamides is 1. The number of carbonyl (C=O) groups excluding carboxylic acids is 1. The summed E-state index contributed by atoms with van der Waals surface area (Å²) in [5, 5.41) is 2.86. The van der Waals surface area contributed by atoms with Crippen molar-refractivity contribution in [3.8, 4) is 0 Å². The molecule has 1 N–H and O–H groups in total. The standard InChI is InChI=1S/C21H31Cl2N3O3S.ClH/c1-2-17-30(28,29)26-15-13-25(14-16-26)20(11-7-4-8-12-20)21(22,23)24-19(27)18-9-5-3-6-10-18;/h3,5-6,9-10H,2,4,7-8,11-17H2,1H3,(H,24,27);1H. The molecule has 1 heterocycles. The topological polar surface area (TPSA) is 69.7 Å². The molecule has 2 fully saturated rings. The normalized spacial score (nSPS) is 20.6. The summed E-state index contributed by atoms with van der Waals surface area (Å²) < 4.78 is 25.0. The van der Waals surface area contributed by atoms with Gasteiger partial charge in [-0.2, -0.15) is 4.31 Å². The van der Waals surface area contributed by atoms with E-state index < -0.39 is 20.0 Å². The number of amides is 1. The van der Waals surface area contributed by atoms with E-state index in [0.29, 0.717) is 38.2 Å². The number of piperazine rings is 1. The lowest BCUT2D eigenvalue weighted by atomic mass is 9.79. The third kappa shape index (κ3) is 5.87. The van der Waals surface area contributed by atoms with Gasteiger partial charge in [0.1, 0.15) is 0 Å². The molecular weight excluding hydrogens is 481 g/mol. The number of halogens is 3. The highest BCUT2D eigenvalue weighted by Gasteiger charge is 2.55. The molecule has 2 aliphatic rings. The Morgan fingerprint density at radius 1 is 1.06 bits per heavy atom. The summed E-state index contributed by atoms with van der Waals surface area (Å²) in [4.78, 5) is 15.0. The van der Waals surface area contributed by atoms with Gasteiger partial charge in [-0.15, -0.1) is 12.4 Å². The monoisotopic (exact) mass is 511 g/mol. The fourth-order valence-electron chi connectivity index (χ4n) is 4.67. The molecule has 1 aromatic carbocycles. The highest BCUT2D eigenvalue weighted by molar-refractivity contribution is 7.89. The Hall–Kier alpha value is -0.570. The minimum absolute atomic E-state index is 0. The number of nitrogens with zero attached hydrogens (tertiary/aromatic N) is 2. The summed E-state index contributed by atoms with van der Waals surface area (Å²) in [6, 6.07) is 8.89. The van der Waals surface area contributed by atoms with Crippen LogP contribution in [-0.4, -0.2) is 65.5 Å². The highest BCUT2D eigenvalue weighted by Crippen LogP contribution is 2.47. The Morgan fingerprint density at radius 2 is 1.65 bits per heavy atom. The van der Waals surface area contributed by atoms with Gasteiger partial charge in [-0.1, -0.05) is 67.6 Å². The smallest absolute Gasteiger partial charge is 0.253 e. The van der Waals surface area contributed by atoms with Crippen LogP contribution in [0.3, 0.4) is 0 Å². The van der Waals surface area contributed by atoms with Crippen molar-refractivity contribution in [2.45, 2.75) is 55.4 Å². The Labute approximate surface area is 202 Å². The molecular formula is C21H32Cl3N3O3S. The maximum Gasteiger partial charge on any atom is 0.253 e. The lowest BCUT2D eigenvalue weighted by molar-refractivity contribution is 0.00449. The van der Waals surface area contributed by atoms with Gasteiger partial charge in [0, 0.05) is 31.7 Å². The Balaban J connectivity index is 0.00000341. The molecule has 176 valence electrons. The molecule has 31 heavy (non-hydrogen) atoms. The van der Waals surface area contributed by atoms with E-state index in [0.717, 1.165) is 32.1 Å². The summed E-state index contributed by atoms with van der Waals surface area (Å²) in [7, 11) is -3.23. The van der Waals surface area contributed by atoms with E-state index in [1.165, 1.54) is 0 Å². The van der Waals surface area contributed by atoms with Crippen molar-refractivity contribution in [3.63, 3.8) is 0 Å². The van der Waals surface area contributed by atoms with Gasteiger partial charge in [0.25, 0.3) is 5.91 Å². The predicted octanol–water partition coefficient (Wildman–Crippen LogP) is 4.03. The van der Waals surface area contributed by atoms with Gasteiger partial charge in [-0.05, 0) is 31.4 Å². The van der Waals surface area contributed by atoms with Crippen LogP contribution in [0.15, 0.2) is 30.3 Å². The second-order valence-electron chi connectivity index (χ2n) is 8.19. The van der Waals surface area contributed by atoms with Gasteiger partial charge in [0.05, 0.1) is 11.3 Å². The third-order valence-electron chi connectivity index (χ3n) is 6.27. The van der Waals surface area contributed by atoms with Gasteiger partial charge < -0.3 is 5.32 Å². The van der Waals surface area contributed by atoms with Gasteiger partial charge in [-0.3, -0.25) is 9.69 Å². The van der Waals surface area contributed by atoms with Crippen LogP contribution in [0.1, 0.15) is 55.8 Å². The average molecular weight is 513 g/mol. The molecule has 1 aromatic rings. The molecule has 0 aromatic heterocycles. The number of alkyl halides is 2. The summed E-state index contributed by atoms with van der Waals surface area (Å²) in [6.07, 6.45) is 5.16. The van der Waals surface area contributed by atoms with Crippen LogP contribution in [-0.2, 0) is 10.0 Å². The fraction of sp³-hybridized carbons (Fsp3) is 0.667. The van der Waals surface area contributed by atoms with Crippen LogP contribution in [0.4, 0.5) is 0 Å². The number of benzene rings is 1. The van der Waals surface area contributed by atoms with E-state index in [4.69, 9.17) is 23.2 Å². The van der Waals surface area contributed by atoms with E-state index in [1.807, 2.05) is 13.0 Å². The van der Waals surface area contributed by atoms with Crippen LogP contribution < -0.4 is 5.32 Å². The van der Waals surface area contributed by atoms with Crippen molar-refractivity contribution in [2.75, 3.05) is 31.9 Å². The zero-order valence-corrected chi connectivity index (χ0v) is 21.0. The highest BCUT2D eigenvalue weighted by atomic mass is 35.5. The second kappa shape index (κ2) is 11.0. The summed E-state index contributed by atoms with van der Waals surface area (Å²) in [5.41, 5.74) is -0.121. The second-order valence-corrected chi connectivity index (χ2v) is 11.6.